The van der Waals surface area contributed by atoms with Crippen LogP contribution in [0.5, 0.6) is 0 Å². The molecule has 7 heteroatoms. The summed E-state index contributed by atoms with van der Waals surface area (Å²) in [6.45, 7) is 2.50. The first-order valence-corrected chi connectivity index (χ1v) is 6.55. The van der Waals surface area contributed by atoms with E-state index in [-0.39, 0.29) is 11.8 Å². The zero-order valence-electron chi connectivity index (χ0n) is 10.3. The summed E-state index contributed by atoms with van der Waals surface area (Å²) >= 11 is 1.30. The normalized spacial score (nSPS) is 10.2. The molecule has 100 valence electrons. The van der Waals surface area contributed by atoms with Crippen LogP contribution in [-0.4, -0.2) is 29.9 Å². The van der Waals surface area contributed by atoms with Gasteiger partial charge in [0, 0.05) is 13.1 Å². The van der Waals surface area contributed by atoms with E-state index in [4.69, 9.17) is 4.42 Å². The first-order chi connectivity index (χ1) is 9.18. The van der Waals surface area contributed by atoms with E-state index >= 15 is 0 Å². The number of aryl methyl sites for hydroxylation is 1. The summed E-state index contributed by atoms with van der Waals surface area (Å²) in [7, 11) is 0. The Balaban J connectivity index is 1.71. The summed E-state index contributed by atoms with van der Waals surface area (Å²) in [6, 6.07) is 1.58. The number of nitrogens with one attached hydrogen (secondary N) is 2. The number of amides is 2. The number of nitrogens with zero attached hydrogens (tertiary/aromatic N) is 1. The SMILES string of the molecule is Cc1ncsc1C(=O)NCCNC(=O)c1ccoc1. The minimum absolute atomic E-state index is 0.169. The lowest BCUT2D eigenvalue weighted by atomic mass is 10.3. The third-order valence-electron chi connectivity index (χ3n) is 2.43. The summed E-state index contributed by atoms with van der Waals surface area (Å²) in [5.41, 5.74) is 2.81. The van der Waals surface area contributed by atoms with Crippen molar-refractivity contribution in [3.8, 4) is 0 Å². The first-order valence-electron chi connectivity index (χ1n) is 5.67. The van der Waals surface area contributed by atoms with Crippen LogP contribution in [0.15, 0.2) is 28.5 Å². The van der Waals surface area contributed by atoms with Crippen LogP contribution in [0.25, 0.3) is 0 Å². The largest absolute Gasteiger partial charge is 0.472 e. The van der Waals surface area contributed by atoms with Crippen LogP contribution < -0.4 is 10.6 Å². The van der Waals surface area contributed by atoms with Gasteiger partial charge in [0.2, 0.25) is 0 Å². The lowest BCUT2D eigenvalue weighted by molar-refractivity contribution is 0.0929. The van der Waals surface area contributed by atoms with Gasteiger partial charge < -0.3 is 15.1 Å². The summed E-state index contributed by atoms with van der Waals surface area (Å²) in [4.78, 5) is 27.9. The quantitative estimate of drug-likeness (QED) is 0.806. The van der Waals surface area contributed by atoms with Gasteiger partial charge >= 0.3 is 0 Å². The number of hydrogen-bond acceptors (Lipinski definition) is 5. The lowest BCUT2D eigenvalue weighted by Gasteiger charge is -2.05. The molecule has 0 bridgehead atoms. The zero-order valence-corrected chi connectivity index (χ0v) is 11.1. The van der Waals surface area contributed by atoms with Gasteiger partial charge in [-0.3, -0.25) is 9.59 Å². The molecule has 2 aromatic rings. The van der Waals surface area contributed by atoms with E-state index in [1.807, 2.05) is 0 Å². The summed E-state index contributed by atoms with van der Waals surface area (Å²) < 4.78 is 4.81. The minimum atomic E-state index is -0.225. The smallest absolute Gasteiger partial charge is 0.263 e. The molecule has 2 amide bonds. The van der Waals surface area contributed by atoms with Crippen molar-refractivity contribution in [1.82, 2.24) is 15.6 Å². The third-order valence-corrected chi connectivity index (χ3v) is 3.36. The first kappa shape index (κ1) is 13.3. The number of furan rings is 1. The van der Waals surface area contributed by atoms with Gasteiger partial charge in [0.1, 0.15) is 11.1 Å². The predicted octanol–water partition coefficient (Wildman–Crippen LogP) is 1.20. The fourth-order valence-corrected chi connectivity index (χ4v) is 2.17. The Morgan fingerprint density at radius 1 is 1.32 bits per heavy atom. The molecule has 2 heterocycles. The van der Waals surface area contributed by atoms with Crippen molar-refractivity contribution in [2.75, 3.05) is 13.1 Å². The van der Waals surface area contributed by atoms with Gasteiger partial charge in [-0.1, -0.05) is 0 Å². The molecule has 0 aliphatic carbocycles. The van der Waals surface area contributed by atoms with Crippen molar-refractivity contribution in [2.24, 2.45) is 0 Å². The molecule has 0 unspecified atom stereocenters. The molecule has 2 N–H and O–H groups in total. The van der Waals surface area contributed by atoms with Crippen molar-refractivity contribution in [3.63, 3.8) is 0 Å². The molecule has 0 aromatic carbocycles. The van der Waals surface area contributed by atoms with Crippen LogP contribution in [0.4, 0.5) is 0 Å². The van der Waals surface area contributed by atoms with Gasteiger partial charge in [-0.25, -0.2) is 4.98 Å². The Labute approximate surface area is 113 Å². The fraction of sp³-hybridized carbons (Fsp3) is 0.250. The van der Waals surface area contributed by atoms with Gasteiger partial charge in [0.25, 0.3) is 11.8 Å². The summed E-state index contributed by atoms with van der Waals surface area (Å²) in [5, 5.41) is 5.39. The van der Waals surface area contributed by atoms with E-state index in [0.717, 1.165) is 0 Å². The Bertz CT molecular complexity index is 563. The molecule has 6 nitrogen and oxygen atoms in total. The Kier molecular flexibility index (Phi) is 4.30. The van der Waals surface area contributed by atoms with Crippen LogP contribution in [-0.2, 0) is 0 Å². The molecule has 0 aliphatic rings. The molecule has 19 heavy (non-hydrogen) atoms. The van der Waals surface area contributed by atoms with E-state index in [2.05, 4.69) is 15.6 Å². The molecule has 0 radical (unpaired) electrons. The zero-order chi connectivity index (χ0) is 13.7. The van der Waals surface area contributed by atoms with E-state index in [0.29, 0.717) is 29.2 Å². The maximum absolute atomic E-state index is 11.7. The second-order valence-electron chi connectivity index (χ2n) is 3.79. The van der Waals surface area contributed by atoms with Gasteiger partial charge in [-0.05, 0) is 13.0 Å². The Morgan fingerprint density at radius 3 is 2.63 bits per heavy atom. The molecule has 0 aliphatic heterocycles. The lowest BCUT2D eigenvalue weighted by Crippen LogP contribution is -2.34. The minimum Gasteiger partial charge on any atom is -0.472 e. The van der Waals surface area contributed by atoms with Crippen LogP contribution in [0.2, 0.25) is 0 Å². The van der Waals surface area contributed by atoms with Crippen molar-refractivity contribution in [1.29, 1.82) is 0 Å². The molecule has 0 saturated carbocycles. The van der Waals surface area contributed by atoms with Crippen molar-refractivity contribution in [2.45, 2.75) is 6.92 Å². The maximum atomic E-state index is 11.7. The molecular formula is C12H13N3O3S. The topological polar surface area (TPSA) is 84.2 Å². The highest BCUT2D eigenvalue weighted by molar-refractivity contribution is 7.11. The van der Waals surface area contributed by atoms with Crippen LogP contribution in [0.3, 0.4) is 0 Å². The highest BCUT2D eigenvalue weighted by Gasteiger charge is 2.11. The summed E-state index contributed by atoms with van der Waals surface area (Å²) in [6.07, 6.45) is 2.80. The molecule has 0 fully saturated rings. The Hall–Kier alpha value is -2.15. The van der Waals surface area contributed by atoms with Gasteiger partial charge in [0.15, 0.2) is 0 Å². The van der Waals surface area contributed by atoms with E-state index in [9.17, 15) is 9.59 Å². The van der Waals surface area contributed by atoms with E-state index in [1.54, 1.807) is 18.5 Å². The second-order valence-corrected chi connectivity index (χ2v) is 4.65. The number of hydrogen-bond donors (Lipinski definition) is 2. The molecule has 2 aromatic heterocycles. The number of aromatic nitrogens is 1. The van der Waals surface area contributed by atoms with E-state index < -0.39 is 0 Å². The van der Waals surface area contributed by atoms with Crippen molar-refractivity contribution >= 4 is 23.2 Å². The van der Waals surface area contributed by atoms with Gasteiger partial charge in [0.05, 0.1) is 23.0 Å². The monoisotopic (exact) mass is 279 g/mol. The second kappa shape index (κ2) is 6.14. The van der Waals surface area contributed by atoms with Crippen LogP contribution in [0, 0.1) is 6.92 Å². The molecule has 0 atom stereocenters. The average Bonchev–Trinajstić information content (AvgIpc) is 3.04. The van der Waals surface area contributed by atoms with Crippen molar-refractivity contribution < 1.29 is 14.0 Å². The molecule has 0 spiro atoms. The summed E-state index contributed by atoms with van der Waals surface area (Å²) in [5.74, 6) is -0.394. The average molecular weight is 279 g/mol. The van der Waals surface area contributed by atoms with Gasteiger partial charge in [-0.2, -0.15) is 0 Å². The van der Waals surface area contributed by atoms with Crippen LogP contribution in [0.1, 0.15) is 25.7 Å². The van der Waals surface area contributed by atoms with Gasteiger partial charge in [-0.15, -0.1) is 11.3 Å². The number of rotatable bonds is 5. The van der Waals surface area contributed by atoms with Crippen LogP contribution >= 0.6 is 11.3 Å². The molecular weight excluding hydrogens is 266 g/mol. The third kappa shape index (κ3) is 3.41. The molecule has 0 saturated heterocycles. The number of carbonyl (C=O) groups excluding carboxylic acids is 2. The maximum Gasteiger partial charge on any atom is 0.263 e. The highest BCUT2D eigenvalue weighted by atomic mass is 32.1. The number of carbonyl (C=O) groups is 2. The number of thiazole rings is 1. The Morgan fingerprint density at radius 2 is 2.05 bits per heavy atom. The fourth-order valence-electron chi connectivity index (χ4n) is 1.45. The predicted molar refractivity (Wildman–Crippen MR) is 70.2 cm³/mol. The molecule has 2 rings (SSSR count). The van der Waals surface area contributed by atoms with E-state index in [1.165, 1.54) is 23.9 Å². The highest BCUT2D eigenvalue weighted by Crippen LogP contribution is 2.11. The van der Waals surface area contributed by atoms with Crippen molar-refractivity contribution in [3.05, 3.63) is 40.2 Å². The standard InChI is InChI=1S/C12H13N3O3S/c1-8-10(19-7-15-8)12(17)14-4-3-13-11(16)9-2-5-18-6-9/h2,5-7H,3-4H2,1H3,(H,13,16)(H,14,17).